The van der Waals surface area contributed by atoms with Gasteiger partial charge in [-0.1, -0.05) is 12.1 Å². The van der Waals surface area contributed by atoms with Gasteiger partial charge in [0.2, 0.25) is 0 Å². The van der Waals surface area contributed by atoms with E-state index in [9.17, 15) is 14.4 Å². The van der Waals surface area contributed by atoms with Gasteiger partial charge in [-0.15, -0.1) is 0 Å². The number of nitrogens with one attached hydrogen (secondary N) is 1. The quantitative estimate of drug-likeness (QED) is 0.617. The number of rotatable bonds is 5. The third kappa shape index (κ3) is 3.77. The van der Waals surface area contributed by atoms with Crippen LogP contribution in [0.15, 0.2) is 42.0 Å². The van der Waals surface area contributed by atoms with Gasteiger partial charge in [0.1, 0.15) is 22.8 Å². The van der Waals surface area contributed by atoms with Crippen molar-refractivity contribution in [1.82, 2.24) is 5.32 Å². The molecule has 1 fully saturated rings. The summed E-state index contributed by atoms with van der Waals surface area (Å²) in [6, 6.07) is 9.25. The first-order chi connectivity index (χ1) is 13.9. The van der Waals surface area contributed by atoms with Crippen molar-refractivity contribution < 1.29 is 28.6 Å². The highest BCUT2D eigenvalue weighted by molar-refractivity contribution is 6.39. The maximum Gasteiger partial charge on any atom is 0.335 e. The van der Waals surface area contributed by atoms with Crippen LogP contribution in [0.3, 0.4) is 0 Å². The van der Waals surface area contributed by atoms with Crippen LogP contribution in [-0.4, -0.2) is 39.2 Å². The number of urea groups is 1. The molecule has 4 amide bonds. The summed E-state index contributed by atoms with van der Waals surface area (Å²) in [5.41, 5.74) is 1.37. The number of carbonyl (C=O) groups is 3. The Bertz CT molecular complexity index is 1000. The Labute approximate surface area is 167 Å². The zero-order valence-corrected chi connectivity index (χ0v) is 16.4. The molecular formula is C21H20N2O6. The number of aryl methyl sites for hydroxylation is 1. The van der Waals surface area contributed by atoms with E-state index < -0.39 is 17.8 Å². The molecule has 2 aromatic carbocycles. The molecule has 150 valence electrons. The summed E-state index contributed by atoms with van der Waals surface area (Å²) >= 11 is 0. The van der Waals surface area contributed by atoms with Crippen LogP contribution in [0.2, 0.25) is 0 Å². The summed E-state index contributed by atoms with van der Waals surface area (Å²) in [5, 5.41) is 2.20. The third-order valence-corrected chi connectivity index (χ3v) is 4.40. The minimum absolute atomic E-state index is 0.229. The normalized spacial score (nSPS) is 15.4. The number of nitrogens with zero attached hydrogens (tertiary/aromatic N) is 1. The number of amides is 4. The molecule has 1 heterocycles. The van der Waals surface area contributed by atoms with Crippen LogP contribution in [0, 0.1) is 6.92 Å². The van der Waals surface area contributed by atoms with E-state index in [2.05, 4.69) is 5.32 Å². The van der Waals surface area contributed by atoms with Crippen molar-refractivity contribution >= 4 is 29.6 Å². The van der Waals surface area contributed by atoms with Crippen LogP contribution in [-0.2, 0) is 9.59 Å². The lowest BCUT2D eigenvalue weighted by molar-refractivity contribution is -0.122. The van der Waals surface area contributed by atoms with Crippen molar-refractivity contribution in [2.75, 3.05) is 26.2 Å². The number of ether oxygens (including phenoxy) is 3. The van der Waals surface area contributed by atoms with Crippen LogP contribution in [0.25, 0.3) is 6.08 Å². The van der Waals surface area contributed by atoms with Gasteiger partial charge in [-0.25, -0.2) is 9.69 Å². The average Bonchev–Trinajstić information content (AvgIpc) is 2.70. The SMILES string of the molecule is COc1cc(OC)c(/C=C2/C(=O)NC(=O)N(c3cccc(C)c3)C2=O)c(OC)c1. The lowest BCUT2D eigenvalue weighted by Gasteiger charge is -2.26. The van der Waals surface area contributed by atoms with Gasteiger partial charge in [0, 0.05) is 12.1 Å². The van der Waals surface area contributed by atoms with Gasteiger partial charge < -0.3 is 14.2 Å². The second kappa shape index (κ2) is 8.05. The van der Waals surface area contributed by atoms with Gasteiger partial charge in [0.05, 0.1) is 32.6 Å². The molecule has 29 heavy (non-hydrogen) atoms. The monoisotopic (exact) mass is 396 g/mol. The lowest BCUT2D eigenvalue weighted by atomic mass is 10.0. The number of carbonyl (C=O) groups excluding carboxylic acids is 3. The van der Waals surface area contributed by atoms with Crippen molar-refractivity contribution in [3.8, 4) is 17.2 Å². The highest BCUT2D eigenvalue weighted by Gasteiger charge is 2.37. The first kappa shape index (κ1) is 19.9. The third-order valence-electron chi connectivity index (χ3n) is 4.40. The molecule has 1 saturated heterocycles. The van der Waals surface area contributed by atoms with E-state index in [1.807, 2.05) is 13.0 Å². The summed E-state index contributed by atoms with van der Waals surface area (Å²) in [6.45, 7) is 1.84. The molecule has 1 N–H and O–H groups in total. The fourth-order valence-electron chi connectivity index (χ4n) is 2.98. The average molecular weight is 396 g/mol. The number of anilines is 1. The molecule has 0 atom stereocenters. The summed E-state index contributed by atoms with van der Waals surface area (Å²) < 4.78 is 15.9. The van der Waals surface area contributed by atoms with Crippen LogP contribution < -0.4 is 24.4 Å². The maximum absolute atomic E-state index is 13.1. The van der Waals surface area contributed by atoms with E-state index in [4.69, 9.17) is 14.2 Å². The van der Waals surface area contributed by atoms with Crippen LogP contribution in [0.1, 0.15) is 11.1 Å². The molecule has 0 radical (unpaired) electrons. The Morgan fingerprint density at radius 2 is 1.59 bits per heavy atom. The highest BCUT2D eigenvalue weighted by atomic mass is 16.5. The van der Waals surface area contributed by atoms with E-state index in [1.165, 1.54) is 27.4 Å². The van der Waals surface area contributed by atoms with E-state index >= 15 is 0 Å². The van der Waals surface area contributed by atoms with Gasteiger partial charge in [0.15, 0.2) is 0 Å². The Kier molecular flexibility index (Phi) is 5.54. The van der Waals surface area contributed by atoms with Crippen LogP contribution in [0.5, 0.6) is 17.2 Å². The van der Waals surface area contributed by atoms with Crippen molar-refractivity contribution in [3.05, 3.63) is 53.1 Å². The van der Waals surface area contributed by atoms with Crippen molar-refractivity contribution in [2.24, 2.45) is 0 Å². The van der Waals surface area contributed by atoms with Gasteiger partial charge in [0.25, 0.3) is 11.8 Å². The van der Waals surface area contributed by atoms with Crippen LogP contribution >= 0.6 is 0 Å². The lowest BCUT2D eigenvalue weighted by Crippen LogP contribution is -2.54. The molecule has 0 aromatic heterocycles. The summed E-state index contributed by atoms with van der Waals surface area (Å²) in [6.07, 6.45) is 1.34. The molecular weight excluding hydrogens is 376 g/mol. The topological polar surface area (TPSA) is 94.2 Å². The van der Waals surface area contributed by atoms with Crippen molar-refractivity contribution in [3.63, 3.8) is 0 Å². The number of barbiturate groups is 1. The van der Waals surface area contributed by atoms with Crippen molar-refractivity contribution in [1.29, 1.82) is 0 Å². The number of hydrogen-bond donors (Lipinski definition) is 1. The predicted octanol–water partition coefficient (Wildman–Crippen LogP) is 2.69. The minimum Gasteiger partial charge on any atom is -0.496 e. The molecule has 1 aliphatic rings. The number of imide groups is 2. The number of benzene rings is 2. The maximum atomic E-state index is 13.1. The van der Waals surface area contributed by atoms with Crippen molar-refractivity contribution in [2.45, 2.75) is 6.92 Å². The number of methoxy groups -OCH3 is 3. The highest BCUT2D eigenvalue weighted by Crippen LogP contribution is 2.36. The molecule has 0 bridgehead atoms. The fraction of sp³-hybridized carbons (Fsp3) is 0.190. The van der Waals surface area contributed by atoms with Gasteiger partial charge >= 0.3 is 6.03 Å². The van der Waals surface area contributed by atoms with Crippen LogP contribution in [0.4, 0.5) is 10.5 Å². The fourth-order valence-corrected chi connectivity index (χ4v) is 2.98. The molecule has 8 nitrogen and oxygen atoms in total. The second-order valence-electron chi connectivity index (χ2n) is 6.24. The zero-order chi connectivity index (χ0) is 21.1. The molecule has 8 heteroatoms. The largest absolute Gasteiger partial charge is 0.496 e. The van der Waals surface area contributed by atoms with E-state index in [-0.39, 0.29) is 5.57 Å². The van der Waals surface area contributed by atoms with Gasteiger partial charge in [-0.2, -0.15) is 0 Å². The molecule has 0 unspecified atom stereocenters. The molecule has 0 aliphatic carbocycles. The first-order valence-electron chi connectivity index (χ1n) is 8.67. The Hall–Kier alpha value is -3.81. The predicted molar refractivity (Wildman–Crippen MR) is 106 cm³/mol. The van der Waals surface area contributed by atoms with E-state index in [1.54, 1.807) is 30.3 Å². The minimum atomic E-state index is -0.809. The second-order valence-corrected chi connectivity index (χ2v) is 6.24. The molecule has 0 saturated carbocycles. The van der Waals surface area contributed by atoms with E-state index in [0.717, 1.165) is 10.5 Å². The summed E-state index contributed by atoms with van der Waals surface area (Å²) in [5.74, 6) is -0.383. The molecule has 2 aromatic rings. The number of hydrogen-bond acceptors (Lipinski definition) is 6. The Morgan fingerprint density at radius 3 is 2.14 bits per heavy atom. The standard InChI is InChI=1S/C21H20N2O6/c1-12-6-5-7-13(8-12)23-20(25)16(19(24)22-21(23)26)11-15-17(28-3)9-14(27-2)10-18(15)29-4/h5-11H,1-4H3,(H,22,24,26)/b16-11-. The first-order valence-corrected chi connectivity index (χ1v) is 8.67. The van der Waals surface area contributed by atoms with E-state index in [0.29, 0.717) is 28.5 Å². The Morgan fingerprint density at radius 1 is 0.931 bits per heavy atom. The van der Waals surface area contributed by atoms with Gasteiger partial charge in [-0.05, 0) is 30.7 Å². The summed E-state index contributed by atoms with van der Waals surface area (Å²) in [7, 11) is 4.39. The summed E-state index contributed by atoms with van der Waals surface area (Å²) in [4.78, 5) is 38.7. The molecule has 1 aliphatic heterocycles. The molecule has 0 spiro atoms. The van der Waals surface area contributed by atoms with Gasteiger partial charge in [-0.3, -0.25) is 14.9 Å². The molecule has 3 rings (SSSR count). The Balaban J connectivity index is 2.12. The zero-order valence-electron chi connectivity index (χ0n) is 16.4. The smallest absolute Gasteiger partial charge is 0.335 e.